The Bertz CT molecular complexity index is 333. The molecule has 2 rings (SSSR count). The standard InChI is InChI=1S/C16H25N/c1-2-15-10-6-7-12-16(15,17)13-11-14-8-4-3-5-9-14/h3-5,8-9,15H,2,6-7,10-13,17H2,1H3. The summed E-state index contributed by atoms with van der Waals surface area (Å²) in [4.78, 5) is 0. The van der Waals surface area contributed by atoms with Gasteiger partial charge in [-0.3, -0.25) is 0 Å². The smallest absolute Gasteiger partial charge is 0.0185 e. The predicted molar refractivity (Wildman–Crippen MR) is 73.9 cm³/mol. The van der Waals surface area contributed by atoms with Crippen LogP contribution in [0.25, 0.3) is 0 Å². The highest BCUT2D eigenvalue weighted by Crippen LogP contribution is 2.37. The van der Waals surface area contributed by atoms with E-state index in [2.05, 4.69) is 37.3 Å². The Hall–Kier alpha value is -0.820. The molecule has 0 aliphatic heterocycles. The van der Waals surface area contributed by atoms with E-state index in [0.717, 1.165) is 18.8 Å². The van der Waals surface area contributed by atoms with Crippen molar-refractivity contribution in [2.24, 2.45) is 11.7 Å². The number of rotatable bonds is 4. The molecule has 0 saturated heterocycles. The third-order valence-corrected chi connectivity index (χ3v) is 4.47. The van der Waals surface area contributed by atoms with E-state index in [1.165, 1.54) is 37.7 Å². The van der Waals surface area contributed by atoms with E-state index in [1.54, 1.807) is 0 Å². The van der Waals surface area contributed by atoms with Crippen molar-refractivity contribution in [1.29, 1.82) is 0 Å². The summed E-state index contributed by atoms with van der Waals surface area (Å²) in [5, 5.41) is 0. The van der Waals surface area contributed by atoms with Crippen LogP contribution >= 0.6 is 0 Å². The van der Waals surface area contributed by atoms with Crippen LogP contribution in [0.3, 0.4) is 0 Å². The van der Waals surface area contributed by atoms with Gasteiger partial charge in [0, 0.05) is 5.54 Å². The Balaban J connectivity index is 1.96. The molecule has 0 bridgehead atoms. The topological polar surface area (TPSA) is 26.0 Å². The first-order chi connectivity index (χ1) is 8.24. The Morgan fingerprint density at radius 2 is 2.00 bits per heavy atom. The van der Waals surface area contributed by atoms with Crippen LogP contribution in [0.1, 0.15) is 51.0 Å². The van der Waals surface area contributed by atoms with Crippen LogP contribution in [0.2, 0.25) is 0 Å². The summed E-state index contributed by atoms with van der Waals surface area (Å²) in [6, 6.07) is 10.8. The fraction of sp³-hybridized carbons (Fsp3) is 0.625. The first-order valence-electron chi connectivity index (χ1n) is 7.07. The number of hydrogen-bond acceptors (Lipinski definition) is 1. The van der Waals surface area contributed by atoms with E-state index in [4.69, 9.17) is 5.73 Å². The van der Waals surface area contributed by atoms with Gasteiger partial charge in [-0.2, -0.15) is 0 Å². The molecule has 1 saturated carbocycles. The maximum absolute atomic E-state index is 6.66. The fourth-order valence-electron chi connectivity index (χ4n) is 3.30. The van der Waals surface area contributed by atoms with Gasteiger partial charge in [0.2, 0.25) is 0 Å². The molecule has 0 radical (unpaired) electrons. The molecular weight excluding hydrogens is 206 g/mol. The molecule has 1 nitrogen and oxygen atoms in total. The minimum atomic E-state index is 0.100. The van der Waals surface area contributed by atoms with Gasteiger partial charge >= 0.3 is 0 Å². The van der Waals surface area contributed by atoms with Crippen LogP contribution in [0.5, 0.6) is 0 Å². The van der Waals surface area contributed by atoms with Gasteiger partial charge in [0.05, 0.1) is 0 Å². The second-order valence-electron chi connectivity index (χ2n) is 5.57. The second-order valence-corrected chi connectivity index (χ2v) is 5.57. The average Bonchev–Trinajstić information content (AvgIpc) is 2.38. The molecule has 17 heavy (non-hydrogen) atoms. The first kappa shape index (κ1) is 12.6. The Kier molecular flexibility index (Phi) is 4.22. The van der Waals surface area contributed by atoms with E-state index >= 15 is 0 Å². The summed E-state index contributed by atoms with van der Waals surface area (Å²) in [5.74, 6) is 0.736. The third kappa shape index (κ3) is 3.10. The van der Waals surface area contributed by atoms with Crippen molar-refractivity contribution in [3.8, 4) is 0 Å². The van der Waals surface area contributed by atoms with Crippen LogP contribution < -0.4 is 5.73 Å². The summed E-state index contributed by atoms with van der Waals surface area (Å²) in [7, 11) is 0. The Morgan fingerprint density at radius 1 is 1.24 bits per heavy atom. The van der Waals surface area contributed by atoms with Gasteiger partial charge < -0.3 is 5.73 Å². The molecule has 1 heteroatoms. The zero-order valence-electron chi connectivity index (χ0n) is 11.0. The highest BCUT2D eigenvalue weighted by atomic mass is 14.8. The lowest BCUT2D eigenvalue weighted by Gasteiger charge is -2.41. The van der Waals surface area contributed by atoms with E-state index < -0.39 is 0 Å². The lowest BCUT2D eigenvalue weighted by Crippen LogP contribution is -2.49. The molecule has 1 aromatic rings. The molecule has 2 atom stereocenters. The molecule has 0 amide bonds. The quantitative estimate of drug-likeness (QED) is 0.835. The van der Waals surface area contributed by atoms with Gasteiger partial charge in [-0.05, 0) is 37.2 Å². The van der Waals surface area contributed by atoms with Crippen molar-refractivity contribution in [3.63, 3.8) is 0 Å². The van der Waals surface area contributed by atoms with Crippen LogP contribution in [0.15, 0.2) is 30.3 Å². The molecule has 94 valence electrons. The average molecular weight is 231 g/mol. The van der Waals surface area contributed by atoms with Crippen molar-refractivity contribution in [2.45, 2.75) is 57.4 Å². The van der Waals surface area contributed by atoms with Gasteiger partial charge in [-0.15, -0.1) is 0 Å². The van der Waals surface area contributed by atoms with Crippen molar-refractivity contribution in [1.82, 2.24) is 0 Å². The lowest BCUT2D eigenvalue weighted by molar-refractivity contribution is 0.171. The molecule has 0 spiro atoms. The summed E-state index contributed by atoms with van der Waals surface area (Å²) in [5.41, 5.74) is 8.19. The third-order valence-electron chi connectivity index (χ3n) is 4.47. The number of benzene rings is 1. The second kappa shape index (κ2) is 5.68. The number of aryl methyl sites for hydroxylation is 1. The lowest BCUT2D eigenvalue weighted by atomic mass is 9.69. The van der Waals surface area contributed by atoms with Crippen molar-refractivity contribution in [2.75, 3.05) is 0 Å². The van der Waals surface area contributed by atoms with Gasteiger partial charge in [-0.1, -0.05) is 56.5 Å². The van der Waals surface area contributed by atoms with Crippen LogP contribution in [0.4, 0.5) is 0 Å². The van der Waals surface area contributed by atoms with Crippen molar-refractivity contribution in [3.05, 3.63) is 35.9 Å². The minimum absolute atomic E-state index is 0.100. The highest BCUT2D eigenvalue weighted by Gasteiger charge is 2.35. The summed E-state index contributed by atoms with van der Waals surface area (Å²) in [6.45, 7) is 2.29. The molecule has 0 heterocycles. The van der Waals surface area contributed by atoms with Gasteiger partial charge in [0.25, 0.3) is 0 Å². The molecule has 0 aromatic heterocycles. The SMILES string of the molecule is CCC1CCCCC1(N)CCc1ccccc1. The molecular formula is C16H25N. The number of hydrogen-bond donors (Lipinski definition) is 1. The molecule has 2 N–H and O–H groups in total. The van der Waals surface area contributed by atoms with Gasteiger partial charge in [0.15, 0.2) is 0 Å². The monoisotopic (exact) mass is 231 g/mol. The predicted octanol–water partition coefficient (Wildman–Crippen LogP) is 3.92. The van der Waals surface area contributed by atoms with Crippen LogP contribution in [0, 0.1) is 5.92 Å². The van der Waals surface area contributed by atoms with Crippen molar-refractivity contribution < 1.29 is 0 Å². The van der Waals surface area contributed by atoms with Gasteiger partial charge in [-0.25, -0.2) is 0 Å². The largest absolute Gasteiger partial charge is 0.325 e. The van der Waals surface area contributed by atoms with Crippen molar-refractivity contribution >= 4 is 0 Å². The number of nitrogens with two attached hydrogens (primary N) is 1. The van der Waals surface area contributed by atoms with E-state index in [9.17, 15) is 0 Å². The molecule has 2 unspecified atom stereocenters. The maximum Gasteiger partial charge on any atom is 0.0185 e. The fourth-order valence-corrected chi connectivity index (χ4v) is 3.30. The molecule has 1 aliphatic rings. The summed E-state index contributed by atoms with van der Waals surface area (Å²) < 4.78 is 0. The molecule has 1 aromatic carbocycles. The maximum atomic E-state index is 6.66. The zero-order valence-corrected chi connectivity index (χ0v) is 11.0. The highest BCUT2D eigenvalue weighted by molar-refractivity contribution is 5.15. The first-order valence-corrected chi connectivity index (χ1v) is 7.07. The van der Waals surface area contributed by atoms with Crippen LogP contribution in [-0.2, 0) is 6.42 Å². The normalized spacial score (nSPS) is 29.2. The van der Waals surface area contributed by atoms with Gasteiger partial charge in [0.1, 0.15) is 0 Å². The summed E-state index contributed by atoms with van der Waals surface area (Å²) in [6.07, 6.45) is 8.78. The van der Waals surface area contributed by atoms with Crippen LogP contribution in [-0.4, -0.2) is 5.54 Å². The van der Waals surface area contributed by atoms with E-state index in [-0.39, 0.29) is 5.54 Å². The minimum Gasteiger partial charge on any atom is -0.325 e. The molecule has 1 fully saturated rings. The zero-order chi connectivity index (χ0) is 12.1. The summed E-state index contributed by atoms with van der Waals surface area (Å²) >= 11 is 0. The van der Waals surface area contributed by atoms with E-state index in [1.807, 2.05) is 0 Å². The Labute approximate surface area is 105 Å². The Morgan fingerprint density at radius 3 is 2.71 bits per heavy atom. The molecule has 1 aliphatic carbocycles. The van der Waals surface area contributed by atoms with E-state index in [0.29, 0.717) is 0 Å².